The number of aromatic nitrogens is 1. The number of nitrogens with zero attached hydrogens (tertiary/aromatic N) is 1. The first-order chi connectivity index (χ1) is 12.8. The highest BCUT2D eigenvalue weighted by Gasteiger charge is 2.17. The molecule has 0 unspecified atom stereocenters. The summed E-state index contributed by atoms with van der Waals surface area (Å²) >= 11 is 11.8. The first-order valence-corrected chi connectivity index (χ1v) is 9.89. The number of hydrogen-bond acceptors (Lipinski definition) is 4. The molecule has 0 aliphatic heterocycles. The van der Waals surface area contributed by atoms with Crippen LogP contribution < -0.4 is 9.46 Å². The van der Waals surface area contributed by atoms with Gasteiger partial charge in [-0.25, -0.2) is 12.8 Å². The Balaban J connectivity index is 1.74. The SMILES string of the molecule is O=S(=O)(Nc1ccc(OCc2ccccn2)c(Cl)c1)c1ccc(F)c(Cl)c1. The van der Waals surface area contributed by atoms with Gasteiger partial charge >= 0.3 is 0 Å². The van der Waals surface area contributed by atoms with Gasteiger partial charge < -0.3 is 4.74 Å². The van der Waals surface area contributed by atoms with Gasteiger partial charge in [0.15, 0.2) is 0 Å². The van der Waals surface area contributed by atoms with Crippen molar-refractivity contribution in [2.45, 2.75) is 11.5 Å². The highest BCUT2D eigenvalue weighted by molar-refractivity contribution is 7.92. The predicted molar refractivity (Wildman–Crippen MR) is 102 cm³/mol. The van der Waals surface area contributed by atoms with E-state index in [9.17, 15) is 12.8 Å². The Morgan fingerprint density at radius 1 is 1.04 bits per heavy atom. The minimum Gasteiger partial charge on any atom is -0.486 e. The second-order valence-corrected chi connectivity index (χ2v) is 7.93. The van der Waals surface area contributed by atoms with Crippen molar-refractivity contribution in [3.05, 3.63) is 82.4 Å². The number of rotatable bonds is 6. The van der Waals surface area contributed by atoms with Crippen LogP contribution in [0.1, 0.15) is 5.69 Å². The van der Waals surface area contributed by atoms with Crippen molar-refractivity contribution in [2.24, 2.45) is 0 Å². The van der Waals surface area contributed by atoms with E-state index >= 15 is 0 Å². The van der Waals surface area contributed by atoms with Crippen molar-refractivity contribution in [2.75, 3.05) is 4.72 Å². The Bertz CT molecular complexity index is 1060. The van der Waals surface area contributed by atoms with E-state index in [4.69, 9.17) is 27.9 Å². The average molecular weight is 427 g/mol. The van der Waals surface area contributed by atoms with Gasteiger partial charge in [-0.05, 0) is 48.5 Å². The maximum atomic E-state index is 13.2. The van der Waals surface area contributed by atoms with E-state index in [1.807, 2.05) is 12.1 Å². The van der Waals surface area contributed by atoms with Crippen LogP contribution in [-0.2, 0) is 16.6 Å². The number of benzene rings is 2. The third-order valence-electron chi connectivity index (χ3n) is 3.49. The van der Waals surface area contributed by atoms with Crippen molar-refractivity contribution in [1.29, 1.82) is 0 Å². The van der Waals surface area contributed by atoms with Crippen LogP contribution in [0, 0.1) is 5.82 Å². The zero-order valence-electron chi connectivity index (χ0n) is 13.7. The molecule has 0 bridgehead atoms. The van der Waals surface area contributed by atoms with Crippen LogP contribution >= 0.6 is 23.2 Å². The molecule has 0 atom stereocenters. The van der Waals surface area contributed by atoms with Crippen LogP contribution in [0.2, 0.25) is 10.0 Å². The molecule has 1 heterocycles. The van der Waals surface area contributed by atoms with Crippen LogP contribution in [-0.4, -0.2) is 13.4 Å². The molecule has 0 fully saturated rings. The first kappa shape index (κ1) is 19.4. The lowest BCUT2D eigenvalue weighted by Crippen LogP contribution is -2.13. The molecular weight excluding hydrogens is 414 g/mol. The van der Waals surface area contributed by atoms with Crippen molar-refractivity contribution in [1.82, 2.24) is 4.98 Å². The monoisotopic (exact) mass is 426 g/mol. The van der Waals surface area contributed by atoms with Gasteiger partial charge in [0.1, 0.15) is 18.2 Å². The molecule has 3 aromatic rings. The molecule has 140 valence electrons. The van der Waals surface area contributed by atoms with Gasteiger partial charge in [-0.15, -0.1) is 0 Å². The number of ether oxygens (including phenoxy) is 1. The zero-order chi connectivity index (χ0) is 19.4. The molecule has 0 aliphatic carbocycles. The van der Waals surface area contributed by atoms with Gasteiger partial charge in [0.2, 0.25) is 0 Å². The Labute approximate surface area is 165 Å². The molecule has 5 nitrogen and oxygen atoms in total. The molecule has 0 saturated heterocycles. The summed E-state index contributed by atoms with van der Waals surface area (Å²) in [5, 5.41) is -0.0579. The van der Waals surface area contributed by atoms with Gasteiger partial charge in [-0.1, -0.05) is 29.3 Å². The fourth-order valence-corrected chi connectivity index (χ4v) is 3.73. The summed E-state index contributed by atoms with van der Waals surface area (Å²) in [5.41, 5.74) is 0.956. The number of anilines is 1. The first-order valence-electron chi connectivity index (χ1n) is 7.65. The smallest absolute Gasteiger partial charge is 0.261 e. The van der Waals surface area contributed by atoms with Crippen molar-refractivity contribution in [3.63, 3.8) is 0 Å². The molecule has 0 spiro atoms. The Morgan fingerprint density at radius 3 is 2.52 bits per heavy atom. The second-order valence-electron chi connectivity index (χ2n) is 5.44. The van der Waals surface area contributed by atoms with E-state index < -0.39 is 15.8 Å². The summed E-state index contributed by atoms with van der Waals surface area (Å²) in [6, 6.07) is 13.0. The lowest BCUT2D eigenvalue weighted by atomic mass is 10.3. The molecule has 27 heavy (non-hydrogen) atoms. The maximum absolute atomic E-state index is 13.2. The van der Waals surface area contributed by atoms with Crippen LogP contribution in [0.25, 0.3) is 0 Å². The molecule has 1 N–H and O–H groups in total. The van der Waals surface area contributed by atoms with Crippen molar-refractivity contribution < 1.29 is 17.5 Å². The summed E-state index contributed by atoms with van der Waals surface area (Å²) in [6.07, 6.45) is 1.65. The van der Waals surface area contributed by atoms with Crippen molar-refractivity contribution >= 4 is 38.9 Å². The lowest BCUT2D eigenvalue weighted by molar-refractivity contribution is 0.301. The second kappa shape index (κ2) is 8.12. The molecule has 0 aliphatic rings. The average Bonchev–Trinajstić information content (AvgIpc) is 2.64. The quantitative estimate of drug-likeness (QED) is 0.607. The molecule has 0 radical (unpaired) electrons. The molecule has 0 amide bonds. The molecule has 3 rings (SSSR count). The molecular formula is C18H13Cl2FN2O3S. The van der Waals surface area contributed by atoms with E-state index in [1.165, 1.54) is 12.1 Å². The Hall–Kier alpha value is -2.35. The molecule has 9 heteroatoms. The number of pyridine rings is 1. The van der Waals surface area contributed by atoms with Gasteiger partial charge in [-0.2, -0.15) is 0 Å². The molecule has 2 aromatic carbocycles. The van der Waals surface area contributed by atoms with E-state index in [2.05, 4.69) is 9.71 Å². The molecule has 1 aromatic heterocycles. The van der Waals surface area contributed by atoms with Crippen molar-refractivity contribution in [3.8, 4) is 5.75 Å². The predicted octanol–water partition coefficient (Wildman–Crippen LogP) is 4.91. The highest BCUT2D eigenvalue weighted by Crippen LogP contribution is 2.30. The summed E-state index contributed by atoms with van der Waals surface area (Å²) in [4.78, 5) is 3.97. The van der Waals surface area contributed by atoms with E-state index in [0.717, 1.165) is 23.9 Å². The highest BCUT2D eigenvalue weighted by atomic mass is 35.5. The largest absolute Gasteiger partial charge is 0.486 e. The fraction of sp³-hybridized carbons (Fsp3) is 0.0556. The van der Waals surface area contributed by atoms with Gasteiger partial charge in [0, 0.05) is 6.20 Å². The third-order valence-corrected chi connectivity index (χ3v) is 5.45. The zero-order valence-corrected chi connectivity index (χ0v) is 16.0. The van der Waals surface area contributed by atoms with Gasteiger partial charge in [0.25, 0.3) is 10.0 Å². The Morgan fingerprint density at radius 2 is 1.85 bits per heavy atom. The number of nitrogens with one attached hydrogen (secondary N) is 1. The van der Waals surface area contributed by atoms with Crippen LogP contribution in [0.3, 0.4) is 0 Å². The minimum atomic E-state index is -3.95. The lowest BCUT2D eigenvalue weighted by Gasteiger charge is -2.11. The summed E-state index contributed by atoms with van der Waals surface area (Å²) in [6.45, 7) is 0.222. The minimum absolute atomic E-state index is 0.166. The van der Waals surface area contributed by atoms with Crippen LogP contribution in [0.5, 0.6) is 5.75 Å². The fourth-order valence-electron chi connectivity index (χ4n) is 2.17. The van der Waals surface area contributed by atoms with Gasteiger partial charge in [0.05, 0.1) is 26.3 Å². The Kier molecular flexibility index (Phi) is 5.84. The van der Waals surface area contributed by atoms with Crippen LogP contribution in [0.15, 0.2) is 65.7 Å². The number of sulfonamides is 1. The third kappa shape index (κ3) is 4.88. The summed E-state index contributed by atoms with van der Waals surface area (Å²) < 4.78 is 46.0. The van der Waals surface area contributed by atoms with E-state index in [-0.39, 0.29) is 27.2 Å². The summed E-state index contributed by atoms with van der Waals surface area (Å²) in [5.74, 6) is -0.317. The summed E-state index contributed by atoms with van der Waals surface area (Å²) in [7, 11) is -3.95. The maximum Gasteiger partial charge on any atom is 0.261 e. The van der Waals surface area contributed by atoms with E-state index in [0.29, 0.717) is 5.75 Å². The topological polar surface area (TPSA) is 68.3 Å². The van der Waals surface area contributed by atoms with Crippen LogP contribution in [0.4, 0.5) is 10.1 Å². The number of halogens is 3. The van der Waals surface area contributed by atoms with E-state index in [1.54, 1.807) is 18.3 Å². The standard InChI is InChI=1S/C18H13Cl2FN2O3S/c19-15-10-14(5-6-17(15)21)27(24,25)23-12-4-7-18(16(20)9-12)26-11-13-3-1-2-8-22-13/h1-10,23H,11H2. The molecule has 0 saturated carbocycles. The van der Waals surface area contributed by atoms with Gasteiger partial charge in [-0.3, -0.25) is 9.71 Å². The normalized spacial score (nSPS) is 11.2. The number of hydrogen-bond donors (Lipinski definition) is 1.